The van der Waals surface area contributed by atoms with E-state index in [1.807, 2.05) is 41.2 Å². The lowest BCUT2D eigenvalue weighted by Gasteiger charge is -2.29. The molecule has 0 aliphatic carbocycles. The summed E-state index contributed by atoms with van der Waals surface area (Å²) in [6.45, 7) is 7.76. The second-order valence-electron chi connectivity index (χ2n) is 7.28. The Balaban J connectivity index is 1.70. The van der Waals surface area contributed by atoms with Gasteiger partial charge in [0.05, 0.1) is 12.7 Å². The zero-order chi connectivity index (χ0) is 19.9. The number of hydrogen-bond acceptors (Lipinski definition) is 3. The highest BCUT2D eigenvalue weighted by atomic mass is 16.2. The molecule has 0 aliphatic heterocycles. The van der Waals surface area contributed by atoms with E-state index >= 15 is 0 Å². The molecular formula is C22H29N5O. The molecule has 3 rings (SSSR count). The Labute approximate surface area is 166 Å². The van der Waals surface area contributed by atoms with Gasteiger partial charge in [-0.2, -0.15) is 0 Å². The van der Waals surface area contributed by atoms with Gasteiger partial charge < -0.3 is 14.0 Å². The second kappa shape index (κ2) is 9.35. The summed E-state index contributed by atoms with van der Waals surface area (Å²) in [6, 6.07) is 5.90. The van der Waals surface area contributed by atoms with Crippen LogP contribution in [-0.4, -0.2) is 31.6 Å². The van der Waals surface area contributed by atoms with Gasteiger partial charge in [0.2, 0.25) is 5.91 Å². The van der Waals surface area contributed by atoms with Crippen molar-refractivity contribution in [1.29, 1.82) is 0 Å². The average molecular weight is 380 g/mol. The molecule has 2 aromatic heterocycles. The van der Waals surface area contributed by atoms with Crippen molar-refractivity contribution in [2.24, 2.45) is 0 Å². The fourth-order valence-corrected chi connectivity index (χ4v) is 3.58. The van der Waals surface area contributed by atoms with E-state index in [0.29, 0.717) is 6.54 Å². The number of amides is 1. The number of benzene rings is 1. The van der Waals surface area contributed by atoms with Crippen LogP contribution in [0.4, 0.5) is 5.69 Å². The molecule has 1 amide bonds. The van der Waals surface area contributed by atoms with Gasteiger partial charge in [0.15, 0.2) is 0 Å². The number of rotatable bonds is 9. The minimum Gasteiger partial charge on any atom is -0.337 e. The number of nitrogens with zero attached hydrogens (tertiary/aromatic N) is 5. The summed E-state index contributed by atoms with van der Waals surface area (Å²) in [7, 11) is 0. The monoisotopic (exact) mass is 379 g/mol. The van der Waals surface area contributed by atoms with Crippen molar-refractivity contribution >= 4 is 11.6 Å². The van der Waals surface area contributed by atoms with E-state index in [9.17, 15) is 4.79 Å². The standard InChI is InChI=1S/C22H29N5O/c1-18-8-7-9-19(2)21(18)27(22(28)20(3)26-15-11-24-17-26)13-6-4-5-12-25-14-10-23-16-25/h7-11,14-17,20H,4-6,12-13H2,1-3H3. The van der Waals surface area contributed by atoms with E-state index in [-0.39, 0.29) is 11.9 Å². The summed E-state index contributed by atoms with van der Waals surface area (Å²) < 4.78 is 3.96. The van der Waals surface area contributed by atoms with Gasteiger partial charge >= 0.3 is 0 Å². The van der Waals surface area contributed by atoms with Crippen LogP contribution in [0, 0.1) is 13.8 Å². The first-order valence-electron chi connectivity index (χ1n) is 9.88. The topological polar surface area (TPSA) is 56.0 Å². The average Bonchev–Trinajstić information content (AvgIpc) is 3.39. The molecule has 1 atom stereocenters. The largest absolute Gasteiger partial charge is 0.337 e. The molecule has 3 aromatic rings. The highest BCUT2D eigenvalue weighted by Crippen LogP contribution is 2.27. The quantitative estimate of drug-likeness (QED) is 0.525. The lowest BCUT2D eigenvalue weighted by molar-refractivity contribution is -0.121. The third-order valence-corrected chi connectivity index (χ3v) is 5.16. The van der Waals surface area contributed by atoms with Gasteiger partial charge in [-0.05, 0) is 51.2 Å². The minimum atomic E-state index is -0.285. The van der Waals surface area contributed by atoms with Crippen LogP contribution in [0.3, 0.4) is 0 Å². The zero-order valence-electron chi connectivity index (χ0n) is 17.0. The molecule has 0 aliphatic rings. The summed E-state index contributed by atoms with van der Waals surface area (Å²) in [5, 5.41) is 0. The van der Waals surface area contributed by atoms with Gasteiger partial charge in [0.1, 0.15) is 6.04 Å². The van der Waals surface area contributed by atoms with E-state index in [1.54, 1.807) is 18.7 Å². The molecule has 6 nitrogen and oxygen atoms in total. The number of anilines is 1. The molecule has 28 heavy (non-hydrogen) atoms. The van der Waals surface area contributed by atoms with Gasteiger partial charge in [-0.1, -0.05) is 18.2 Å². The van der Waals surface area contributed by atoms with Crippen molar-refractivity contribution in [3.63, 3.8) is 0 Å². The molecule has 1 aromatic carbocycles. The van der Waals surface area contributed by atoms with Crippen LogP contribution in [0.15, 0.2) is 55.6 Å². The number of imidazole rings is 2. The molecule has 6 heteroatoms. The van der Waals surface area contributed by atoms with Gasteiger partial charge in [-0.3, -0.25) is 4.79 Å². The summed E-state index contributed by atoms with van der Waals surface area (Å²) in [5.74, 6) is 0.102. The molecule has 0 fully saturated rings. The molecule has 0 bridgehead atoms. The summed E-state index contributed by atoms with van der Waals surface area (Å²) in [4.78, 5) is 23.5. The third-order valence-electron chi connectivity index (χ3n) is 5.16. The lowest BCUT2D eigenvalue weighted by Crippen LogP contribution is -2.37. The van der Waals surface area contributed by atoms with Gasteiger partial charge in [-0.15, -0.1) is 0 Å². The fraction of sp³-hybridized carbons (Fsp3) is 0.409. The normalized spacial score (nSPS) is 12.1. The lowest BCUT2D eigenvalue weighted by atomic mass is 10.1. The fourth-order valence-electron chi connectivity index (χ4n) is 3.58. The number of para-hydroxylation sites is 1. The van der Waals surface area contributed by atoms with E-state index in [1.165, 1.54) is 0 Å². The Kier molecular flexibility index (Phi) is 6.63. The first kappa shape index (κ1) is 19.9. The number of carbonyl (C=O) groups is 1. The Bertz CT molecular complexity index is 850. The first-order valence-corrected chi connectivity index (χ1v) is 9.88. The predicted molar refractivity (Wildman–Crippen MR) is 111 cm³/mol. The van der Waals surface area contributed by atoms with Gasteiger partial charge in [0.25, 0.3) is 0 Å². The third kappa shape index (κ3) is 4.68. The Morgan fingerprint density at radius 1 is 1.04 bits per heavy atom. The van der Waals surface area contributed by atoms with Crippen molar-refractivity contribution in [3.05, 3.63) is 66.8 Å². The van der Waals surface area contributed by atoms with Crippen LogP contribution in [0.5, 0.6) is 0 Å². The molecule has 1 unspecified atom stereocenters. The summed E-state index contributed by atoms with van der Waals surface area (Å²) >= 11 is 0. The van der Waals surface area contributed by atoms with Crippen LogP contribution in [-0.2, 0) is 11.3 Å². The van der Waals surface area contributed by atoms with Crippen LogP contribution in [0.25, 0.3) is 0 Å². The molecule has 0 saturated carbocycles. The number of carbonyl (C=O) groups excluding carboxylic acids is 1. The first-order chi connectivity index (χ1) is 13.6. The maximum absolute atomic E-state index is 13.4. The molecule has 0 N–H and O–H groups in total. The van der Waals surface area contributed by atoms with Crippen molar-refractivity contribution < 1.29 is 4.79 Å². The maximum Gasteiger partial charge on any atom is 0.249 e. The highest BCUT2D eigenvalue weighted by Gasteiger charge is 2.24. The van der Waals surface area contributed by atoms with Crippen molar-refractivity contribution in [3.8, 4) is 0 Å². The molecule has 0 saturated heterocycles. The van der Waals surface area contributed by atoms with Crippen LogP contribution >= 0.6 is 0 Å². The molecule has 0 spiro atoms. The van der Waals surface area contributed by atoms with E-state index in [2.05, 4.69) is 40.5 Å². The van der Waals surface area contributed by atoms with E-state index < -0.39 is 0 Å². The number of unbranched alkanes of at least 4 members (excludes halogenated alkanes) is 2. The second-order valence-corrected chi connectivity index (χ2v) is 7.28. The van der Waals surface area contributed by atoms with Gasteiger partial charge in [-0.25, -0.2) is 9.97 Å². The van der Waals surface area contributed by atoms with Crippen molar-refractivity contribution in [2.45, 2.75) is 52.6 Å². The SMILES string of the molecule is Cc1cccc(C)c1N(CCCCCn1ccnc1)C(=O)C(C)n1ccnc1. The van der Waals surface area contributed by atoms with Crippen LogP contribution in [0.1, 0.15) is 43.4 Å². The predicted octanol–water partition coefficient (Wildman–Crippen LogP) is 4.16. The number of aromatic nitrogens is 4. The number of hydrogen-bond donors (Lipinski definition) is 0. The van der Waals surface area contributed by atoms with Crippen LogP contribution < -0.4 is 4.90 Å². The Morgan fingerprint density at radius 2 is 1.75 bits per heavy atom. The smallest absolute Gasteiger partial charge is 0.249 e. The summed E-state index contributed by atoms with van der Waals surface area (Å²) in [5.41, 5.74) is 3.29. The molecule has 2 heterocycles. The minimum absolute atomic E-state index is 0.102. The van der Waals surface area contributed by atoms with E-state index in [4.69, 9.17) is 0 Å². The van der Waals surface area contributed by atoms with E-state index in [0.717, 1.165) is 42.6 Å². The Morgan fingerprint density at radius 3 is 2.39 bits per heavy atom. The highest BCUT2D eigenvalue weighted by molar-refractivity contribution is 5.97. The number of aryl methyl sites for hydroxylation is 3. The maximum atomic E-state index is 13.4. The van der Waals surface area contributed by atoms with Crippen molar-refractivity contribution in [1.82, 2.24) is 19.1 Å². The Hall–Kier alpha value is -2.89. The van der Waals surface area contributed by atoms with Crippen molar-refractivity contribution in [2.75, 3.05) is 11.4 Å². The summed E-state index contributed by atoms with van der Waals surface area (Å²) in [6.07, 6.45) is 14.0. The zero-order valence-corrected chi connectivity index (χ0v) is 17.0. The van der Waals surface area contributed by atoms with Crippen LogP contribution in [0.2, 0.25) is 0 Å². The molecular weight excluding hydrogens is 350 g/mol. The molecule has 0 radical (unpaired) electrons. The molecule has 148 valence electrons. The van der Waals surface area contributed by atoms with Gasteiger partial charge in [0, 0.05) is 43.6 Å².